The first kappa shape index (κ1) is 25.9. The fourth-order valence-corrected chi connectivity index (χ4v) is 4.43. The predicted molar refractivity (Wildman–Crippen MR) is 150 cm³/mol. The molecule has 0 atom stereocenters. The third-order valence-electron chi connectivity index (χ3n) is 6.17. The Morgan fingerprint density at radius 1 is 0.769 bits per heavy atom. The van der Waals surface area contributed by atoms with Gasteiger partial charge in [0.15, 0.2) is 11.6 Å². The van der Waals surface area contributed by atoms with Gasteiger partial charge < -0.3 is 0 Å². The molecule has 4 aromatic carbocycles. The normalized spacial score (nSPS) is 10.6. The molecular weight excluding hydrogens is 534 g/mol. The van der Waals surface area contributed by atoms with E-state index in [0.29, 0.717) is 27.9 Å². The predicted octanol–water partition coefficient (Wildman–Crippen LogP) is 7.58. The highest BCUT2D eigenvalue weighted by molar-refractivity contribution is 6.30. The zero-order chi connectivity index (χ0) is 27.5. The van der Waals surface area contributed by atoms with E-state index in [1.54, 1.807) is 52.1 Å². The van der Waals surface area contributed by atoms with Crippen LogP contribution in [0.4, 0.5) is 10.1 Å². The van der Waals surface area contributed by atoms with E-state index in [-0.39, 0.29) is 22.7 Å². The summed E-state index contributed by atoms with van der Waals surface area (Å²) in [7, 11) is 0. The van der Waals surface area contributed by atoms with E-state index in [9.17, 15) is 10.5 Å². The average molecular weight is 553 g/mol. The summed E-state index contributed by atoms with van der Waals surface area (Å²) in [5.74, 6) is 0.483. The van der Waals surface area contributed by atoms with Crippen molar-refractivity contribution in [3.63, 3.8) is 0 Å². The second-order valence-corrected chi connectivity index (χ2v) is 9.65. The lowest BCUT2D eigenvalue weighted by atomic mass is 10.1. The van der Waals surface area contributed by atoms with Crippen molar-refractivity contribution in [2.24, 2.45) is 0 Å². The molecule has 6 nitrogen and oxygen atoms in total. The van der Waals surface area contributed by atoms with E-state index in [0.717, 1.165) is 16.7 Å². The number of rotatable bonds is 6. The number of anilines is 1. The number of aromatic nitrogens is 3. The summed E-state index contributed by atoms with van der Waals surface area (Å²) < 4.78 is 16.9. The Labute approximate surface area is 234 Å². The molecule has 0 aliphatic rings. The minimum absolute atomic E-state index is 0.0390. The Balaban J connectivity index is 1.79. The van der Waals surface area contributed by atoms with Gasteiger partial charge in [0, 0.05) is 26.7 Å². The second kappa shape index (κ2) is 11.0. The van der Waals surface area contributed by atoms with Crippen LogP contribution in [0.25, 0.3) is 22.8 Å². The van der Waals surface area contributed by atoms with E-state index in [1.165, 1.54) is 6.07 Å². The molecule has 0 amide bonds. The lowest BCUT2D eigenvalue weighted by molar-refractivity contribution is 0.594. The van der Waals surface area contributed by atoms with Crippen molar-refractivity contribution < 1.29 is 4.39 Å². The first-order valence-corrected chi connectivity index (χ1v) is 12.6. The van der Waals surface area contributed by atoms with Crippen molar-refractivity contribution in [1.82, 2.24) is 14.9 Å². The fraction of sp³-hybridized carbons (Fsp3) is 0.0667. The quantitative estimate of drug-likeness (QED) is 0.217. The fourth-order valence-electron chi connectivity index (χ4n) is 4.14. The smallest absolute Gasteiger partial charge is 0.183 e. The zero-order valence-electron chi connectivity index (χ0n) is 20.6. The van der Waals surface area contributed by atoms with E-state index >= 15 is 4.39 Å². The van der Waals surface area contributed by atoms with Crippen molar-refractivity contribution in [2.45, 2.75) is 13.5 Å². The van der Waals surface area contributed by atoms with Gasteiger partial charge in [-0.3, -0.25) is 5.01 Å². The van der Waals surface area contributed by atoms with Crippen LogP contribution in [-0.4, -0.2) is 14.9 Å². The molecule has 0 fully saturated rings. The molecule has 190 valence electrons. The maximum Gasteiger partial charge on any atom is 0.183 e. The molecule has 5 rings (SSSR count). The van der Waals surface area contributed by atoms with Crippen LogP contribution in [0.3, 0.4) is 0 Å². The molecule has 0 aliphatic heterocycles. The van der Waals surface area contributed by atoms with Gasteiger partial charge in [-0.1, -0.05) is 59.1 Å². The van der Waals surface area contributed by atoms with Gasteiger partial charge in [-0.15, -0.1) is 10.2 Å². The van der Waals surface area contributed by atoms with Crippen LogP contribution in [0.1, 0.15) is 22.3 Å². The maximum atomic E-state index is 15.1. The second-order valence-electron chi connectivity index (χ2n) is 8.78. The van der Waals surface area contributed by atoms with Gasteiger partial charge in [-0.05, 0) is 61.5 Å². The van der Waals surface area contributed by atoms with E-state index in [2.05, 4.69) is 16.3 Å². The minimum Gasteiger partial charge on any atom is -0.273 e. The Kier molecular flexibility index (Phi) is 7.29. The highest BCUT2D eigenvalue weighted by atomic mass is 35.5. The third-order valence-corrected chi connectivity index (χ3v) is 6.66. The third kappa shape index (κ3) is 5.32. The Bertz CT molecular complexity index is 1690. The molecule has 1 heterocycles. The summed E-state index contributed by atoms with van der Waals surface area (Å²) in [6.07, 6.45) is 0. The van der Waals surface area contributed by atoms with Crippen molar-refractivity contribution in [1.29, 1.82) is 10.5 Å². The molecule has 0 aliphatic carbocycles. The standard InChI is InChI=1S/C30H19Cl2FN6/c1-19-2-4-20(5-3-19)29-36-37-30(21-6-10-25(31)11-7-21)39(29)38(18-23-8-12-26(32)15-28(23)33)27-13-9-22(16-34)24(14-27)17-35/h2-15H,18H2,1H3. The van der Waals surface area contributed by atoms with Crippen molar-refractivity contribution in [3.05, 3.63) is 123 Å². The molecule has 0 unspecified atom stereocenters. The number of benzene rings is 4. The molecule has 0 bridgehead atoms. The lowest BCUT2D eigenvalue weighted by Crippen LogP contribution is -2.31. The van der Waals surface area contributed by atoms with Crippen LogP contribution in [0, 0.1) is 35.4 Å². The molecular formula is C30H19Cl2FN6. The monoisotopic (exact) mass is 552 g/mol. The summed E-state index contributed by atoms with van der Waals surface area (Å²) >= 11 is 12.2. The highest BCUT2D eigenvalue weighted by Gasteiger charge is 2.24. The number of hydrogen-bond donors (Lipinski definition) is 0. The van der Waals surface area contributed by atoms with Crippen LogP contribution >= 0.6 is 23.2 Å². The number of nitriles is 2. The van der Waals surface area contributed by atoms with Crippen LogP contribution in [0.2, 0.25) is 10.0 Å². The van der Waals surface area contributed by atoms with Gasteiger partial charge in [-0.2, -0.15) is 10.5 Å². The summed E-state index contributed by atoms with van der Waals surface area (Å²) in [6.45, 7) is 2.03. The summed E-state index contributed by atoms with van der Waals surface area (Å²) in [4.78, 5) is 0. The van der Waals surface area contributed by atoms with Crippen molar-refractivity contribution >= 4 is 28.9 Å². The molecule has 0 N–H and O–H groups in total. The molecule has 0 saturated carbocycles. The van der Waals surface area contributed by atoms with Gasteiger partial charge >= 0.3 is 0 Å². The highest BCUT2D eigenvalue weighted by Crippen LogP contribution is 2.32. The SMILES string of the molecule is Cc1ccc(-c2nnc(-c3ccc(Cl)cc3)n2N(Cc2ccc(Cl)cc2F)c2ccc(C#N)c(C#N)c2)cc1. The number of halogens is 3. The topological polar surface area (TPSA) is 81.5 Å². The molecule has 0 spiro atoms. The number of aryl methyl sites for hydroxylation is 1. The van der Waals surface area contributed by atoms with Crippen molar-refractivity contribution in [3.8, 4) is 34.9 Å². The van der Waals surface area contributed by atoms with Gasteiger partial charge in [-0.25, -0.2) is 9.07 Å². The molecule has 0 radical (unpaired) electrons. The van der Waals surface area contributed by atoms with E-state index < -0.39 is 5.82 Å². The minimum atomic E-state index is -0.486. The van der Waals surface area contributed by atoms with E-state index in [4.69, 9.17) is 23.2 Å². The first-order valence-electron chi connectivity index (χ1n) is 11.8. The molecule has 5 aromatic rings. The molecule has 39 heavy (non-hydrogen) atoms. The van der Waals surface area contributed by atoms with Gasteiger partial charge in [0.1, 0.15) is 18.0 Å². The van der Waals surface area contributed by atoms with Crippen LogP contribution in [-0.2, 0) is 6.54 Å². The van der Waals surface area contributed by atoms with E-state index in [1.807, 2.05) is 49.4 Å². The van der Waals surface area contributed by atoms with Crippen LogP contribution < -0.4 is 5.01 Å². The van der Waals surface area contributed by atoms with Crippen LogP contribution in [0.5, 0.6) is 0 Å². The zero-order valence-corrected chi connectivity index (χ0v) is 22.1. The Morgan fingerprint density at radius 2 is 1.36 bits per heavy atom. The van der Waals surface area contributed by atoms with Gasteiger partial charge in [0.05, 0.1) is 23.4 Å². The summed E-state index contributed by atoms with van der Waals surface area (Å²) in [5, 5.41) is 30.9. The number of hydrogen-bond acceptors (Lipinski definition) is 5. The lowest BCUT2D eigenvalue weighted by Gasteiger charge is -2.29. The molecule has 1 aromatic heterocycles. The molecule has 0 saturated heterocycles. The van der Waals surface area contributed by atoms with Gasteiger partial charge in [0.2, 0.25) is 0 Å². The first-order chi connectivity index (χ1) is 18.9. The Hall–Kier alpha value is -4.69. The molecule has 9 heteroatoms. The summed E-state index contributed by atoms with van der Waals surface area (Å²) in [5.41, 5.74) is 3.89. The van der Waals surface area contributed by atoms with Crippen molar-refractivity contribution in [2.75, 3.05) is 5.01 Å². The Morgan fingerprint density at radius 3 is 1.95 bits per heavy atom. The maximum absolute atomic E-state index is 15.1. The summed E-state index contributed by atoms with van der Waals surface area (Å²) in [6, 6.07) is 28.4. The number of nitrogens with zero attached hydrogens (tertiary/aromatic N) is 6. The average Bonchev–Trinajstić information content (AvgIpc) is 3.38. The van der Waals surface area contributed by atoms with Crippen LogP contribution in [0.15, 0.2) is 84.9 Å². The largest absolute Gasteiger partial charge is 0.273 e. The van der Waals surface area contributed by atoms with Gasteiger partial charge in [0.25, 0.3) is 0 Å².